The van der Waals surface area contributed by atoms with Crippen molar-refractivity contribution in [3.8, 4) is 0 Å². The molecule has 0 heterocycles. The van der Waals surface area contributed by atoms with Crippen molar-refractivity contribution < 1.29 is 81.0 Å². The Hall–Kier alpha value is 0.776. The Morgan fingerprint density at radius 3 is 1.06 bits per heavy atom. The first-order valence-corrected chi connectivity index (χ1v) is 7.78. The molecule has 0 aromatic heterocycles. The Morgan fingerprint density at radius 2 is 0.839 bits per heavy atom. The number of hydrogen-bond donors (Lipinski definition) is 12. The zero-order valence-corrected chi connectivity index (χ0v) is 14.8. The molecule has 2 unspecified atom stereocenters. The molecule has 14 N–H and O–H groups in total. The molecule has 0 amide bonds. The fraction of sp³-hybridized carbons (Fsp3) is 0.923. The maximum absolute atomic E-state index is 11.4. The van der Waals surface area contributed by atoms with Crippen molar-refractivity contribution in [1.29, 1.82) is 0 Å². The first-order valence-electron chi connectivity index (χ1n) is 7.78. The molecule has 184 valence electrons. The van der Waals surface area contributed by atoms with Crippen molar-refractivity contribution in [2.24, 2.45) is 0 Å². The molecular weight excluding hydrogens is 477 g/mol. The van der Waals surface area contributed by atoms with E-state index < -0.39 is 80.8 Å². The van der Waals surface area contributed by atoms with Gasteiger partial charge in [-0.2, -0.15) is 0 Å². The molecule has 0 radical (unpaired) electrons. The van der Waals surface area contributed by atoms with Crippen LogP contribution in [0.5, 0.6) is 0 Å². The standard InChI is InChI=1S/C13H26O15.Ca.Mg.H2O.4H/c14-1-3(16)5(18)7(20)9(22)11(24)27-13(26)28-12(25)10(23)8(21)6(19)4(17)2-15;;;;;;;/h3-12,14-25H,1-2H2;;;1H2;;;;/t3-,4-,5-,6-,7+,8+,9-,10+,11?,12?;;;;;;;/m1......./s1. The molecule has 10 atom stereocenters. The van der Waals surface area contributed by atoms with Crippen molar-refractivity contribution in [3.05, 3.63) is 0 Å². The predicted octanol–water partition coefficient (Wildman–Crippen LogP) is -10.0. The summed E-state index contributed by atoms with van der Waals surface area (Å²) >= 11 is 0. The third-order valence-electron chi connectivity index (χ3n) is 3.58. The van der Waals surface area contributed by atoms with E-state index in [0.29, 0.717) is 0 Å². The average Bonchev–Trinajstić information content (AvgIpc) is 2.68. The smallest absolute Gasteiger partial charge is 0.316 e. The van der Waals surface area contributed by atoms with Crippen molar-refractivity contribution in [1.82, 2.24) is 0 Å². The van der Waals surface area contributed by atoms with E-state index in [0.717, 1.165) is 0 Å². The maximum Gasteiger partial charge on any atom is 0.316 e. The van der Waals surface area contributed by atoms with E-state index in [4.69, 9.17) is 20.4 Å². The first kappa shape index (κ1) is 39.0. The first-order chi connectivity index (χ1) is 12.9. The summed E-state index contributed by atoms with van der Waals surface area (Å²) in [5.74, 6) is 0. The van der Waals surface area contributed by atoms with E-state index in [1.54, 1.807) is 0 Å². The Balaban J connectivity index is -0.00000121. The predicted molar refractivity (Wildman–Crippen MR) is 103 cm³/mol. The van der Waals surface area contributed by atoms with Gasteiger partial charge >= 0.3 is 66.9 Å². The Kier molecular flexibility index (Phi) is 24.1. The fourth-order valence-corrected chi connectivity index (χ4v) is 1.78. The molecule has 18 heteroatoms. The number of carbonyl (C=O) groups is 1. The van der Waals surface area contributed by atoms with Crippen molar-refractivity contribution in [2.75, 3.05) is 13.2 Å². The number of aliphatic hydroxyl groups excluding tert-OH is 12. The minimum absolute atomic E-state index is 0. The van der Waals surface area contributed by atoms with Gasteiger partial charge in [0.1, 0.15) is 48.8 Å². The molecular formula is C13H32CaMgO16. The zero-order chi connectivity index (χ0) is 22.2. The summed E-state index contributed by atoms with van der Waals surface area (Å²) < 4.78 is 8.10. The van der Waals surface area contributed by atoms with Crippen LogP contribution in [0.25, 0.3) is 0 Å². The zero-order valence-electron chi connectivity index (χ0n) is 14.8. The van der Waals surface area contributed by atoms with Crippen LogP contribution in [0.3, 0.4) is 0 Å². The van der Waals surface area contributed by atoms with Crippen LogP contribution >= 0.6 is 0 Å². The molecule has 0 aliphatic rings. The molecule has 0 fully saturated rings. The molecule has 0 saturated heterocycles. The van der Waals surface area contributed by atoms with Crippen molar-refractivity contribution >= 4 is 66.9 Å². The quantitative estimate of drug-likeness (QED) is 0.0661. The van der Waals surface area contributed by atoms with Crippen LogP contribution in [-0.4, -0.2) is 208 Å². The average molecular weight is 509 g/mol. The summed E-state index contributed by atoms with van der Waals surface area (Å²) in [6.45, 7) is -2.01. The largest absolute Gasteiger partial charge is 0.316 e. The van der Waals surface area contributed by atoms with E-state index in [2.05, 4.69) is 9.47 Å². The molecule has 16 nitrogen and oxygen atoms in total. The third kappa shape index (κ3) is 12.7. The number of aliphatic hydroxyl groups is 12. The Morgan fingerprint density at radius 1 is 0.581 bits per heavy atom. The van der Waals surface area contributed by atoms with Crippen LogP contribution in [-0.2, 0) is 9.47 Å². The maximum atomic E-state index is 11.4. The van der Waals surface area contributed by atoms with E-state index in [1.165, 1.54) is 0 Å². The Bertz CT molecular complexity index is 425. The second-order valence-corrected chi connectivity index (χ2v) is 5.71. The summed E-state index contributed by atoms with van der Waals surface area (Å²) in [4.78, 5) is 11.4. The normalized spacial score (nSPS) is 20.5. The van der Waals surface area contributed by atoms with Crippen LogP contribution in [0, 0.1) is 0 Å². The van der Waals surface area contributed by atoms with Crippen LogP contribution in [0.4, 0.5) is 4.79 Å². The third-order valence-corrected chi connectivity index (χ3v) is 3.58. The van der Waals surface area contributed by atoms with Crippen molar-refractivity contribution in [3.63, 3.8) is 0 Å². The molecule has 0 bridgehead atoms. The molecule has 0 aromatic carbocycles. The Labute approximate surface area is 221 Å². The second kappa shape index (κ2) is 19.1. The summed E-state index contributed by atoms with van der Waals surface area (Å²) in [7, 11) is 0. The molecule has 0 aliphatic carbocycles. The molecule has 0 saturated carbocycles. The van der Waals surface area contributed by atoms with Gasteiger partial charge in [0.25, 0.3) is 0 Å². The molecule has 0 rings (SSSR count). The van der Waals surface area contributed by atoms with Gasteiger partial charge < -0.3 is 76.2 Å². The van der Waals surface area contributed by atoms with Gasteiger partial charge in [-0.1, -0.05) is 0 Å². The van der Waals surface area contributed by atoms with Gasteiger partial charge in [0.05, 0.1) is 13.2 Å². The van der Waals surface area contributed by atoms with Gasteiger partial charge in [0, 0.05) is 0 Å². The van der Waals surface area contributed by atoms with Gasteiger partial charge in [-0.05, 0) is 0 Å². The molecule has 0 aromatic rings. The number of rotatable bonds is 12. The SMILES string of the molecule is O.O=C(OC(O)[C@@H](O)[C@@H](O)[C@H](O)[C@H](O)CO)OC(O)[C@H](O)[C@@H](O)[C@H](O)[C@H](O)CO.[CaH2].[MgH2]. The monoisotopic (exact) mass is 508 g/mol. The minimum atomic E-state index is -2.57. The second-order valence-electron chi connectivity index (χ2n) is 5.71. The molecule has 31 heavy (non-hydrogen) atoms. The van der Waals surface area contributed by atoms with E-state index in [9.17, 15) is 45.6 Å². The van der Waals surface area contributed by atoms with E-state index in [-0.39, 0.29) is 66.3 Å². The van der Waals surface area contributed by atoms with E-state index >= 15 is 0 Å². The van der Waals surface area contributed by atoms with Crippen LogP contribution in [0.2, 0.25) is 0 Å². The number of hydrogen-bond acceptors (Lipinski definition) is 15. The minimum Gasteiger partial charge on any atom is 0.316 e. The summed E-state index contributed by atoms with van der Waals surface area (Å²) in [6, 6.07) is 0. The van der Waals surface area contributed by atoms with Gasteiger partial charge in [0.2, 0.25) is 12.6 Å². The van der Waals surface area contributed by atoms with Crippen LogP contribution < -0.4 is 0 Å². The van der Waals surface area contributed by atoms with Crippen LogP contribution in [0.15, 0.2) is 0 Å². The fourth-order valence-electron chi connectivity index (χ4n) is 1.78. The van der Waals surface area contributed by atoms with Gasteiger partial charge in [0.15, 0.2) is 0 Å². The van der Waals surface area contributed by atoms with Gasteiger partial charge in [-0.25, -0.2) is 4.79 Å². The van der Waals surface area contributed by atoms with Gasteiger partial charge in [-0.15, -0.1) is 0 Å². The van der Waals surface area contributed by atoms with Crippen LogP contribution in [0.1, 0.15) is 0 Å². The summed E-state index contributed by atoms with van der Waals surface area (Å²) in [5, 5.41) is 111. The summed E-state index contributed by atoms with van der Waals surface area (Å²) in [6.07, 6.45) is -24.6. The molecule has 0 spiro atoms. The number of carbonyl (C=O) groups excluding carboxylic acids is 1. The van der Waals surface area contributed by atoms with E-state index in [1.807, 2.05) is 0 Å². The van der Waals surface area contributed by atoms with Crippen molar-refractivity contribution in [2.45, 2.75) is 61.4 Å². The number of ether oxygens (including phenoxy) is 2. The molecule has 0 aliphatic heterocycles. The van der Waals surface area contributed by atoms with Gasteiger partial charge in [-0.3, -0.25) is 0 Å². The summed E-state index contributed by atoms with van der Waals surface area (Å²) in [5.41, 5.74) is 0. The topological polar surface area (TPSA) is 310 Å².